The van der Waals surface area contributed by atoms with E-state index in [1.165, 1.54) is 25.7 Å². The van der Waals surface area contributed by atoms with Crippen molar-refractivity contribution in [2.45, 2.75) is 50.0 Å². The molecule has 0 nitrogen and oxygen atoms in total. The van der Waals surface area contributed by atoms with Crippen molar-refractivity contribution in [1.29, 1.82) is 0 Å². The highest BCUT2D eigenvalue weighted by Crippen LogP contribution is 2.43. The van der Waals surface area contributed by atoms with E-state index in [-0.39, 0.29) is 0 Å². The first-order valence-electron chi connectivity index (χ1n) is 4.00. The molecule has 0 aromatic heterocycles. The molecule has 1 heteroatoms. The van der Waals surface area contributed by atoms with Crippen molar-refractivity contribution < 1.29 is 0 Å². The van der Waals surface area contributed by atoms with Crippen LogP contribution in [0.5, 0.6) is 0 Å². The van der Waals surface area contributed by atoms with Crippen molar-refractivity contribution in [2.75, 3.05) is 0 Å². The van der Waals surface area contributed by atoms with Gasteiger partial charge < -0.3 is 0 Å². The molecule has 1 aliphatic heterocycles. The molecule has 1 fully saturated rings. The van der Waals surface area contributed by atoms with Crippen LogP contribution < -0.4 is 0 Å². The molecule has 0 bridgehead atoms. The van der Waals surface area contributed by atoms with Gasteiger partial charge in [0, 0.05) is 10.5 Å². The van der Waals surface area contributed by atoms with E-state index in [9.17, 15) is 0 Å². The fraction of sp³-hybridized carbons (Fsp3) is 1.00. The third kappa shape index (κ3) is 2.61. The third-order valence-electron chi connectivity index (χ3n) is 1.93. The standard InChI is InChI=1S/C8H16S/c1-3-4-5-6-8-7(2)9-8/h7-8H,3-6H2,1-2H3. The number of hydrogen-bond acceptors (Lipinski definition) is 1. The van der Waals surface area contributed by atoms with E-state index in [0.29, 0.717) is 0 Å². The zero-order chi connectivity index (χ0) is 6.69. The van der Waals surface area contributed by atoms with Crippen molar-refractivity contribution in [1.82, 2.24) is 0 Å². The molecule has 1 heterocycles. The maximum Gasteiger partial charge on any atom is 0.0167 e. The molecule has 9 heavy (non-hydrogen) atoms. The van der Waals surface area contributed by atoms with Gasteiger partial charge in [-0.05, 0) is 6.42 Å². The van der Waals surface area contributed by atoms with Crippen molar-refractivity contribution in [3.8, 4) is 0 Å². The first kappa shape index (κ1) is 7.46. The summed E-state index contributed by atoms with van der Waals surface area (Å²) in [5.74, 6) is 0. The Bertz CT molecular complexity index is 80.6. The van der Waals surface area contributed by atoms with E-state index in [0.717, 1.165) is 10.5 Å². The Labute approximate surface area is 62.4 Å². The highest BCUT2D eigenvalue weighted by molar-refractivity contribution is 8.07. The molecule has 0 amide bonds. The first-order chi connectivity index (χ1) is 4.34. The predicted molar refractivity (Wildman–Crippen MR) is 45.0 cm³/mol. The lowest BCUT2D eigenvalue weighted by Gasteiger charge is -1.92. The maximum absolute atomic E-state index is 2.33. The molecule has 1 aliphatic rings. The van der Waals surface area contributed by atoms with Crippen LogP contribution in [-0.2, 0) is 0 Å². The van der Waals surface area contributed by atoms with E-state index in [1.54, 1.807) is 0 Å². The molecule has 0 aromatic rings. The van der Waals surface area contributed by atoms with E-state index < -0.39 is 0 Å². The smallest absolute Gasteiger partial charge is 0.0167 e. The molecule has 0 aliphatic carbocycles. The van der Waals surface area contributed by atoms with Gasteiger partial charge in [-0.15, -0.1) is 0 Å². The SMILES string of the molecule is CCCCCC1SC1C. The van der Waals surface area contributed by atoms with Crippen molar-refractivity contribution in [2.24, 2.45) is 0 Å². The summed E-state index contributed by atoms with van der Waals surface area (Å²) in [6.07, 6.45) is 5.73. The number of thioether (sulfide) groups is 1. The second-order valence-corrected chi connectivity index (χ2v) is 4.50. The summed E-state index contributed by atoms with van der Waals surface area (Å²) in [5, 5.41) is 2.03. The molecule has 1 rings (SSSR count). The largest absolute Gasteiger partial charge is 0.153 e. The summed E-state index contributed by atoms with van der Waals surface area (Å²) < 4.78 is 0. The molecule has 54 valence electrons. The van der Waals surface area contributed by atoms with Crippen molar-refractivity contribution >= 4 is 11.8 Å². The molecule has 0 radical (unpaired) electrons. The molecule has 0 N–H and O–H groups in total. The molecule has 0 saturated carbocycles. The fourth-order valence-electron chi connectivity index (χ4n) is 1.13. The maximum atomic E-state index is 2.33. The topological polar surface area (TPSA) is 0 Å². The average Bonchev–Trinajstić information content (AvgIpc) is 2.48. The van der Waals surface area contributed by atoms with Gasteiger partial charge in [0.1, 0.15) is 0 Å². The summed E-state index contributed by atoms with van der Waals surface area (Å²) in [6.45, 7) is 4.60. The van der Waals surface area contributed by atoms with Crippen LogP contribution in [0.15, 0.2) is 0 Å². The fourth-order valence-corrected chi connectivity index (χ4v) is 2.03. The summed E-state index contributed by atoms with van der Waals surface area (Å²) in [5.41, 5.74) is 0. The van der Waals surface area contributed by atoms with Gasteiger partial charge in [-0.25, -0.2) is 0 Å². The lowest BCUT2D eigenvalue weighted by Crippen LogP contribution is -1.87. The van der Waals surface area contributed by atoms with Gasteiger partial charge in [-0.1, -0.05) is 33.1 Å². The minimum atomic E-state index is 0.988. The Balaban J connectivity index is 1.83. The Morgan fingerprint density at radius 3 is 2.44 bits per heavy atom. The van der Waals surface area contributed by atoms with Crippen LogP contribution in [0.25, 0.3) is 0 Å². The van der Waals surface area contributed by atoms with Gasteiger partial charge >= 0.3 is 0 Å². The quantitative estimate of drug-likeness (QED) is 0.431. The van der Waals surface area contributed by atoms with E-state index >= 15 is 0 Å². The van der Waals surface area contributed by atoms with Gasteiger partial charge in [-0.2, -0.15) is 11.8 Å². The minimum absolute atomic E-state index is 0.988. The number of rotatable bonds is 4. The lowest BCUT2D eigenvalue weighted by molar-refractivity contribution is 0.667. The predicted octanol–water partition coefficient (Wildman–Crippen LogP) is 3.07. The number of hydrogen-bond donors (Lipinski definition) is 0. The van der Waals surface area contributed by atoms with Crippen LogP contribution >= 0.6 is 11.8 Å². The summed E-state index contributed by atoms with van der Waals surface area (Å²) >= 11 is 2.14. The van der Waals surface area contributed by atoms with Crippen LogP contribution in [0.4, 0.5) is 0 Å². The lowest BCUT2D eigenvalue weighted by atomic mass is 10.1. The second-order valence-electron chi connectivity index (χ2n) is 2.88. The zero-order valence-electron chi connectivity index (χ0n) is 6.39. The Hall–Kier alpha value is 0.350. The summed E-state index contributed by atoms with van der Waals surface area (Å²) in [6, 6.07) is 0. The van der Waals surface area contributed by atoms with Gasteiger partial charge in [0.25, 0.3) is 0 Å². The second kappa shape index (κ2) is 3.50. The molecule has 0 aromatic carbocycles. The monoisotopic (exact) mass is 144 g/mol. The van der Waals surface area contributed by atoms with Crippen LogP contribution in [0, 0.1) is 0 Å². The molecule has 0 spiro atoms. The normalized spacial score (nSPS) is 32.7. The van der Waals surface area contributed by atoms with Crippen molar-refractivity contribution in [3.05, 3.63) is 0 Å². The molecule has 2 unspecified atom stereocenters. The first-order valence-corrected chi connectivity index (χ1v) is 4.94. The van der Waals surface area contributed by atoms with Crippen LogP contribution in [0.1, 0.15) is 39.5 Å². The van der Waals surface area contributed by atoms with Gasteiger partial charge in [0.05, 0.1) is 0 Å². The molecular formula is C8H16S. The van der Waals surface area contributed by atoms with E-state index in [1.807, 2.05) is 0 Å². The highest BCUT2D eigenvalue weighted by Gasteiger charge is 2.32. The summed E-state index contributed by atoms with van der Waals surface area (Å²) in [7, 11) is 0. The van der Waals surface area contributed by atoms with Gasteiger partial charge in [0.15, 0.2) is 0 Å². The molecule has 2 atom stereocenters. The average molecular weight is 144 g/mol. The summed E-state index contributed by atoms with van der Waals surface area (Å²) in [4.78, 5) is 0. The van der Waals surface area contributed by atoms with E-state index in [4.69, 9.17) is 0 Å². The Morgan fingerprint density at radius 2 is 2.00 bits per heavy atom. The Kier molecular flexibility index (Phi) is 2.90. The van der Waals surface area contributed by atoms with Crippen LogP contribution in [0.2, 0.25) is 0 Å². The highest BCUT2D eigenvalue weighted by atomic mass is 32.2. The minimum Gasteiger partial charge on any atom is -0.153 e. The van der Waals surface area contributed by atoms with Gasteiger partial charge in [0.2, 0.25) is 0 Å². The number of unbranched alkanes of at least 4 members (excludes halogenated alkanes) is 2. The third-order valence-corrected chi connectivity index (χ3v) is 3.37. The molecular weight excluding hydrogens is 128 g/mol. The van der Waals surface area contributed by atoms with Crippen LogP contribution in [0.3, 0.4) is 0 Å². The Morgan fingerprint density at radius 1 is 1.33 bits per heavy atom. The van der Waals surface area contributed by atoms with Crippen LogP contribution in [-0.4, -0.2) is 10.5 Å². The van der Waals surface area contributed by atoms with E-state index in [2.05, 4.69) is 25.6 Å². The molecule has 1 saturated heterocycles. The van der Waals surface area contributed by atoms with Gasteiger partial charge in [-0.3, -0.25) is 0 Å². The zero-order valence-corrected chi connectivity index (χ0v) is 7.21. The van der Waals surface area contributed by atoms with Crippen molar-refractivity contribution in [3.63, 3.8) is 0 Å².